The Hall–Kier alpha value is -3.14. The maximum Gasteiger partial charge on any atom is 0.335 e. The number of carbonyl (C=O) groups is 2. The molecule has 0 unspecified atom stereocenters. The van der Waals surface area contributed by atoms with E-state index in [2.05, 4.69) is 27.0 Å². The van der Waals surface area contributed by atoms with Crippen LogP contribution in [-0.2, 0) is 15.0 Å². The van der Waals surface area contributed by atoms with Gasteiger partial charge in [-0.05, 0) is 35.4 Å². The minimum absolute atomic E-state index is 0.276. The molecule has 0 aliphatic carbocycles. The Morgan fingerprint density at radius 3 is 1.36 bits per heavy atom. The van der Waals surface area contributed by atoms with Gasteiger partial charge < -0.3 is 9.47 Å². The van der Waals surface area contributed by atoms with Gasteiger partial charge in [0.15, 0.2) is 0 Å². The SMILES string of the molecule is C=CC(=O)Oc1ccc(C(C)(C)c2ccc(OC(=O)C=C)cc2)cc1. The molecule has 0 bridgehead atoms. The first-order chi connectivity index (χ1) is 11.9. The monoisotopic (exact) mass is 336 g/mol. The largest absolute Gasteiger partial charge is 0.423 e. The molecule has 0 atom stereocenters. The van der Waals surface area contributed by atoms with Crippen LogP contribution >= 0.6 is 0 Å². The van der Waals surface area contributed by atoms with Crippen molar-refractivity contribution in [2.24, 2.45) is 0 Å². The molecule has 0 saturated carbocycles. The molecule has 0 saturated heterocycles. The molecule has 2 aromatic rings. The summed E-state index contributed by atoms with van der Waals surface area (Å²) < 4.78 is 10.2. The number of hydrogen-bond acceptors (Lipinski definition) is 4. The van der Waals surface area contributed by atoms with Crippen molar-refractivity contribution in [3.8, 4) is 11.5 Å². The molecule has 0 spiro atoms. The highest BCUT2D eigenvalue weighted by Crippen LogP contribution is 2.33. The fourth-order valence-corrected chi connectivity index (χ4v) is 2.36. The summed E-state index contributed by atoms with van der Waals surface area (Å²) in [5.74, 6) is -0.0411. The molecule has 128 valence electrons. The molecular weight excluding hydrogens is 316 g/mol. The molecule has 0 fully saturated rings. The molecule has 0 amide bonds. The summed E-state index contributed by atoms with van der Waals surface area (Å²) in [4.78, 5) is 22.5. The minimum atomic E-state index is -0.489. The van der Waals surface area contributed by atoms with E-state index in [4.69, 9.17) is 9.47 Å². The van der Waals surface area contributed by atoms with Crippen LogP contribution in [0, 0.1) is 0 Å². The van der Waals surface area contributed by atoms with Crippen molar-refractivity contribution in [2.45, 2.75) is 19.3 Å². The van der Waals surface area contributed by atoms with Gasteiger partial charge in [-0.2, -0.15) is 0 Å². The van der Waals surface area contributed by atoms with Crippen LogP contribution in [0.3, 0.4) is 0 Å². The maximum atomic E-state index is 11.2. The van der Waals surface area contributed by atoms with E-state index in [9.17, 15) is 9.59 Å². The first kappa shape index (κ1) is 18.2. The highest BCUT2D eigenvalue weighted by molar-refractivity contribution is 5.83. The van der Waals surface area contributed by atoms with Crippen LogP contribution in [0.1, 0.15) is 25.0 Å². The molecule has 0 aromatic heterocycles. The Balaban J connectivity index is 2.19. The lowest BCUT2D eigenvalue weighted by Gasteiger charge is -2.26. The smallest absolute Gasteiger partial charge is 0.335 e. The number of carbonyl (C=O) groups excluding carboxylic acids is 2. The summed E-state index contributed by atoms with van der Waals surface area (Å²) in [6.45, 7) is 10.9. The van der Waals surface area contributed by atoms with Crippen LogP contribution < -0.4 is 9.47 Å². The van der Waals surface area contributed by atoms with Gasteiger partial charge in [0.2, 0.25) is 0 Å². The van der Waals surface area contributed by atoms with Gasteiger partial charge in [0, 0.05) is 17.6 Å². The Morgan fingerprint density at radius 2 is 1.08 bits per heavy atom. The van der Waals surface area contributed by atoms with Crippen LogP contribution in [-0.4, -0.2) is 11.9 Å². The standard InChI is InChI=1S/C21H20O4/c1-5-19(22)24-17-11-7-15(8-12-17)21(3,4)16-9-13-18(14-10-16)25-20(23)6-2/h5-14H,1-2H2,3-4H3. The van der Waals surface area contributed by atoms with Gasteiger partial charge in [0.05, 0.1) is 0 Å². The van der Waals surface area contributed by atoms with E-state index < -0.39 is 11.9 Å². The number of benzene rings is 2. The Labute approximate surface area is 147 Å². The molecular formula is C21H20O4. The predicted octanol–water partition coefficient (Wildman–Crippen LogP) is 4.20. The third kappa shape index (κ3) is 4.44. The third-order valence-corrected chi connectivity index (χ3v) is 3.92. The average Bonchev–Trinajstić information content (AvgIpc) is 2.62. The molecule has 0 radical (unpaired) electrons. The quantitative estimate of drug-likeness (QED) is 0.451. The summed E-state index contributed by atoms with van der Waals surface area (Å²) in [5.41, 5.74) is 1.84. The Morgan fingerprint density at radius 1 is 0.760 bits per heavy atom. The zero-order valence-corrected chi connectivity index (χ0v) is 14.3. The number of ether oxygens (including phenoxy) is 2. The minimum Gasteiger partial charge on any atom is -0.423 e. The van der Waals surface area contributed by atoms with Crippen molar-refractivity contribution in [1.29, 1.82) is 0 Å². The fraction of sp³-hybridized carbons (Fsp3) is 0.143. The lowest BCUT2D eigenvalue weighted by Crippen LogP contribution is -2.18. The molecule has 4 heteroatoms. The lowest BCUT2D eigenvalue weighted by atomic mass is 9.78. The molecule has 0 aliphatic heterocycles. The van der Waals surface area contributed by atoms with Crippen molar-refractivity contribution >= 4 is 11.9 Å². The van der Waals surface area contributed by atoms with E-state index in [0.29, 0.717) is 11.5 Å². The summed E-state index contributed by atoms with van der Waals surface area (Å²) in [6, 6.07) is 14.7. The van der Waals surface area contributed by atoms with Crippen molar-refractivity contribution < 1.29 is 19.1 Å². The Kier molecular flexibility index (Phi) is 5.55. The normalized spacial score (nSPS) is 10.6. The predicted molar refractivity (Wildman–Crippen MR) is 96.7 cm³/mol. The third-order valence-electron chi connectivity index (χ3n) is 3.92. The first-order valence-electron chi connectivity index (χ1n) is 7.76. The van der Waals surface area contributed by atoms with Crippen LogP contribution in [0.2, 0.25) is 0 Å². The van der Waals surface area contributed by atoms with E-state index >= 15 is 0 Å². The molecule has 0 aliphatic rings. The summed E-state index contributed by atoms with van der Waals surface area (Å²) in [7, 11) is 0. The molecule has 4 nitrogen and oxygen atoms in total. The highest BCUT2D eigenvalue weighted by Gasteiger charge is 2.23. The number of esters is 2. The van der Waals surface area contributed by atoms with Gasteiger partial charge >= 0.3 is 11.9 Å². The van der Waals surface area contributed by atoms with E-state index in [0.717, 1.165) is 23.3 Å². The molecule has 2 rings (SSSR count). The summed E-state index contributed by atoms with van der Waals surface area (Å²) >= 11 is 0. The maximum absolute atomic E-state index is 11.2. The second kappa shape index (κ2) is 7.62. The van der Waals surface area contributed by atoms with Crippen LogP contribution in [0.15, 0.2) is 73.8 Å². The van der Waals surface area contributed by atoms with E-state index in [-0.39, 0.29) is 5.41 Å². The lowest BCUT2D eigenvalue weighted by molar-refractivity contribution is -0.129. The van der Waals surface area contributed by atoms with Crippen LogP contribution in [0.4, 0.5) is 0 Å². The van der Waals surface area contributed by atoms with Gasteiger partial charge in [0.1, 0.15) is 11.5 Å². The van der Waals surface area contributed by atoms with E-state index in [1.807, 2.05) is 24.3 Å². The number of hydrogen-bond donors (Lipinski definition) is 0. The second-order valence-electron chi connectivity index (χ2n) is 5.92. The summed E-state index contributed by atoms with van der Waals surface area (Å²) in [5, 5.41) is 0. The van der Waals surface area contributed by atoms with Crippen molar-refractivity contribution in [3.63, 3.8) is 0 Å². The Bertz CT molecular complexity index is 716. The molecule has 25 heavy (non-hydrogen) atoms. The van der Waals surface area contributed by atoms with Crippen LogP contribution in [0.25, 0.3) is 0 Å². The first-order valence-corrected chi connectivity index (χ1v) is 7.76. The van der Waals surface area contributed by atoms with Crippen molar-refractivity contribution in [2.75, 3.05) is 0 Å². The van der Waals surface area contributed by atoms with Crippen molar-refractivity contribution in [3.05, 3.63) is 85.0 Å². The van der Waals surface area contributed by atoms with Gasteiger partial charge in [-0.15, -0.1) is 0 Å². The summed E-state index contributed by atoms with van der Waals surface area (Å²) in [6.07, 6.45) is 2.25. The van der Waals surface area contributed by atoms with E-state index in [1.165, 1.54) is 0 Å². The van der Waals surface area contributed by atoms with E-state index in [1.54, 1.807) is 24.3 Å². The number of rotatable bonds is 6. The van der Waals surface area contributed by atoms with Crippen molar-refractivity contribution in [1.82, 2.24) is 0 Å². The van der Waals surface area contributed by atoms with Gasteiger partial charge in [-0.3, -0.25) is 0 Å². The second-order valence-corrected chi connectivity index (χ2v) is 5.92. The topological polar surface area (TPSA) is 52.6 Å². The van der Waals surface area contributed by atoms with Gasteiger partial charge in [0.25, 0.3) is 0 Å². The zero-order chi connectivity index (χ0) is 18.4. The van der Waals surface area contributed by atoms with Gasteiger partial charge in [-0.1, -0.05) is 51.3 Å². The highest BCUT2D eigenvalue weighted by atomic mass is 16.5. The zero-order valence-electron chi connectivity index (χ0n) is 14.3. The molecule has 0 N–H and O–H groups in total. The van der Waals surface area contributed by atoms with Crippen LogP contribution in [0.5, 0.6) is 11.5 Å². The average molecular weight is 336 g/mol. The molecule has 0 heterocycles. The van der Waals surface area contributed by atoms with Gasteiger partial charge in [-0.25, -0.2) is 9.59 Å². The molecule has 2 aromatic carbocycles. The fourth-order valence-electron chi connectivity index (χ4n) is 2.36.